The molecule has 0 saturated heterocycles. The maximum Gasteiger partial charge on any atom is 0.138 e. The number of thiophene rings is 1. The molecule has 0 radical (unpaired) electrons. The van der Waals surface area contributed by atoms with Crippen LogP contribution in [0.5, 0.6) is 0 Å². The number of hydrogen-bond donors (Lipinski definition) is 1. The van der Waals surface area contributed by atoms with E-state index in [1.165, 1.54) is 4.88 Å². The summed E-state index contributed by atoms with van der Waals surface area (Å²) in [6.07, 6.45) is 5.53. The largest absolute Gasteiger partial charge is 0.379 e. The molecular formula is C14H13BrN4S. The smallest absolute Gasteiger partial charge is 0.138 e. The molecule has 6 heteroatoms. The third kappa shape index (κ3) is 2.76. The van der Waals surface area contributed by atoms with Gasteiger partial charge in [-0.1, -0.05) is 0 Å². The highest BCUT2D eigenvalue weighted by molar-refractivity contribution is 9.10. The van der Waals surface area contributed by atoms with Crippen molar-refractivity contribution in [2.24, 2.45) is 0 Å². The number of imidazole rings is 1. The first-order valence-electron chi connectivity index (χ1n) is 6.16. The minimum Gasteiger partial charge on any atom is -0.379 e. The number of halogens is 1. The van der Waals surface area contributed by atoms with E-state index in [0.717, 1.165) is 28.3 Å². The van der Waals surface area contributed by atoms with E-state index >= 15 is 0 Å². The molecule has 20 heavy (non-hydrogen) atoms. The van der Waals surface area contributed by atoms with Gasteiger partial charge in [-0.3, -0.25) is 4.57 Å². The molecule has 0 saturated carbocycles. The van der Waals surface area contributed by atoms with Crippen molar-refractivity contribution >= 4 is 33.0 Å². The van der Waals surface area contributed by atoms with E-state index in [9.17, 15) is 0 Å². The second kappa shape index (κ2) is 5.76. The van der Waals surface area contributed by atoms with Gasteiger partial charge in [-0.2, -0.15) is 0 Å². The summed E-state index contributed by atoms with van der Waals surface area (Å²) >= 11 is 5.26. The lowest BCUT2D eigenvalue weighted by atomic mass is 10.3. The van der Waals surface area contributed by atoms with Crippen molar-refractivity contribution in [3.63, 3.8) is 0 Å². The summed E-state index contributed by atoms with van der Waals surface area (Å²) in [6.45, 7) is 2.76. The van der Waals surface area contributed by atoms with Gasteiger partial charge in [0.2, 0.25) is 0 Å². The quantitative estimate of drug-likeness (QED) is 0.774. The van der Waals surface area contributed by atoms with Crippen LogP contribution in [0.25, 0.3) is 5.82 Å². The van der Waals surface area contributed by atoms with Crippen molar-refractivity contribution in [1.29, 1.82) is 0 Å². The molecule has 102 valence electrons. The molecule has 0 unspecified atom stereocenters. The van der Waals surface area contributed by atoms with Crippen LogP contribution in [0, 0.1) is 6.92 Å². The highest BCUT2D eigenvalue weighted by Gasteiger charge is 2.03. The van der Waals surface area contributed by atoms with E-state index in [2.05, 4.69) is 42.7 Å². The van der Waals surface area contributed by atoms with Gasteiger partial charge in [-0.25, -0.2) is 9.97 Å². The fourth-order valence-electron chi connectivity index (χ4n) is 1.89. The zero-order chi connectivity index (χ0) is 13.9. The number of pyridine rings is 1. The maximum absolute atomic E-state index is 4.46. The van der Waals surface area contributed by atoms with Crippen molar-refractivity contribution in [2.45, 2.75) is 13.5 Å². The molecule has 0 fully saturated rings. The maximum atomic E-state index is 4.46. The molecule has 3 heterocycles. The van der Waals surface area contributed by atoms with Crippen LogP contribution in [0.3, 0.4) is 0 Å². The number of anilines is 1. The fraction of sp³-hybridized carbons (Fsp3) is 0.143. The lowest BCUT2D eigenvalue weighted by Crippen LogP contribution is -2.01. The number of aromatic nitrogens is 3. The van der Waals surface area contributed by atoms with Crippen LogP contribution in [-0.4, -0.2) is 14.5 Å². The zero-order valence-electron chi connectivity index (χ0n) is 10.9. The predicted octanol–water partition coefficient (Wildman–Crippen LogP) is 4.01. The molecule has 0 spiro atoms. The summed E-state index contributed by atoms with van der Waals surface area (Å²) < 4.78 is 3.10. The molecule has 0 bridgehead atoms. The molecule has 3 aromatic heterocycles. The normalized spacial score (nSPS) is 10.7. The van der Waals surface area contributed by atoms with Crippen LogP contribution in [0.1, 0.15) is 10.7 Å². The van der Waals surface area contributed by atoms with Crippen molar-refractivity contribution in [3.05, 3.63) is 57.3 Å². The first kappa shape index (κ1) is 13.3. The Labute approximate surface area is 129 Å². The average Bonchev–Trinajstić information content (AvgIpc) is 3.06. The van der Waals surface area contributed by atoms with Crippen LogP contribution in [0.4, 0.5) is 5.69 Å². The topological polar surface area (TPSA) is 42.7 Å². The number of nitrogens with one attached hydrogen (secondary N) is 1. The highest BCUT2D eigenvalue weighted by atomic mass is 79.9. The molecule has 0 atom stereocenters. The molecule has 3 rings (SSSR count). The number of nitrogens with zero attached hydrogens (tertiary/aromatic N) is 3. The van der Waals surface area contributed by atoms with E-state index in [1.807, 2.05) is 36.0 Å². The Morgan fingerprint density at radius 2 is 2.20 bits per heavy atom. The van der Waals surface area contributed by atoms with Gasteiger partial charge < -0.3 is 5.32 Å². The average molecular weight is 349 g/mol. The van der Waals surface area contributed by atoms with Crippen molar-refractivity contribution in [3.8, 4) is 5.82 Å². The molecule has 0 aromatic carbocycles. The molecule has 0 aliphatic rings. The molecular weight excluding hydrogens is 336 g/mol. The first-order valence-corrected chi connectivity index (χ1v) is 7.83. The molecule has 0 aliphatic carbocycles. The van der Waals surface area contributed by atoms with Crippen molar-refractivity contribution in [2.75, 3.05) is 5.32 Å². The second-order valence-corrected chi connectivity index (χ2v) is 6.15. The van der Waals surface area contributed by atoms with Gasteiger partial charge in [0.25, 0.3) is 0 Å². The summed E-state index contributed by atoms with van der Waals surface area (Å²) in [5, 5.41) is 5.44. The molecule has 3 aromatic rings. The van der Waals surface area contributed by atoms with Crippen LogP contribution in [0.2, 0.25) is 0 Å². The lowest BCUT2D eigenvalue weighted by molar-refractivity contribution is 0.932. The van der Waals surface area contributed by atoms with Gasteiger partial charge >= 0.3 is 0 Å². The third-order valence-corrected chi connectivity index (χ3v) is 4.89. The van der Waals surface area contributed by atoms with Crippen LogP contribution >= 0.6 is 27.3 Å². The molecule has 0 amide bonds. The Morgan fingerprint density at radius 1 is 1.30 bits per heavy atom. The summed E-state index contributed by atoms with van der Waals surface area (Å²) in [5.74, 6) is 1.81. The Hall–Kier alpha value is -1.66. The van der Waals surface area contributed by atoms with E-state index in [-0.39, 0.29) is 0 Å². The van der Waals surface area contributed by atoms with Gasteiger partial charge in [-0.05, 0) is 46.4 Å². The number of aryl methyl sites for hydroxylation is 1. The summed E-state index contributed by atoms with van der Waals surface area (Å²) in [4.78, 5) is 9.93. The highest BCUT2D eigenvalue weighted by Crippen LogP contribution is 2.23. The molecule has 4 nitrogen and oxygen atoms in total. The number of rotatable bonds is 4. The summed E-state index contributed by atoms with van der Waals surface area (Å²) in [7, 11) is 0. The van der Waals surface area contributed by atoms with E-state index in [1.54, 1.807) is 17.5 Å². The first-order chi connectivity index (χ1) is 9.74. The van der Waals surface area contributed by atoms with Gasteiger partial charge in [0.15, 0.2) is 0 Å². The Balaban J connectivity index is 1.71. The van der Waals surface area contributed by atoms with E-state index in [0.29, 0.717) is 0 Å². The zero-order valence-corrected chi connectivity index (χ0v) is 13.3. The van der Waals surface area contributed by atoms with Crippen LogP contribution in [-0.2, 0) is 6.54 Å². The lowest BCUT2D eigenvalue weighted by Gasteiger charge is -2.07. The minimum absolute atomic E-state index is 0.795. The van der Waals surface area contributed by atoms with Crippen molar-refractivity contribution in [1.82, 2.24) is 14.5 Å². The Morgan fingerprint density at radius 3 is 2.80 bits per heavy atom. The van der Waals surface area contributed by atoms with Crippen LogP contribution in [0.15, 0.2) is 46.6 Å². The summed E-state index contributed by atoms with van der Waals surface area (Å²) in [6, 6.07) is 6.08. The fourth-order valence-corrected chi connectivity index (χ4v) is 3.32. The van der Waals surface area contributed by atoms with E-state index < -0.39 is 0 Å². The van der Waals surface area contributed by atoms with Gasteiger partial charge in [-0.15, -0.1) is 11.3 Å². The predicted molar refractivity (Wildman–Crippen MR) is 85.4 cm³/mol. The molecule has 0 aliphatic heterocycles. The van der Waals surface area contributed by atoms with Crippen LogP contribution < -0.4 is 5.32 Å². The van der Waals surface area contributed by atoms with Crippen molar-refractivity contribution < 1.29 is 0 Å². The Bertz CT molecular complexity index is 702. The monoisotopic (exact) mass is 348 g/mol. The van der Waals surface area contributed by atoms with E-state index in [4.69, 9.17) is 0 Å². The van der Waals surface area contributed by atoms with Gasteiger partial charge in [0.1, 0.15) is 11.6 Å². The third-order valence-electron chi connectivity index (χ3n) is 2.96. The van der Waals surface area contributed by atoms with Gasteiger partial charge in [0.05, 0.1) is 18.4 Å². The Kier molecular flexibility index (Phi) is 3.84. The van der Waals surface area contributed by atoms with Gasteiger partial charge in [0, 0.05) is 21.7 Å². The number of hydrogen-bond acceptors (Lipinski definition) is 4. The SMILES string of the molecule is Cc1nccn1-c1ccc(NCc2sccc2Br)cn1. The molecule has 1 N–H and O–H groups in total. The second-order valence-electron chi connectivity index (χ2n) is 4.29. The summed E-state index contributed by atoms with van der Waals surface area (Å²) in [5.41, 5.74) is 1.01. The standard InChI is InChI=1S/C14H13BrN4S/c1-10-16-5-6-19(10)14-3-2-11(8-18-14)17-9-13-12(15)4-7-20-13/h2-8,17H,9H2,1H3. The minimum atomic E-state index is 0.795.